The van der Waals surface area contributed by atoms with Gasteiger partial charge in [-0.3, -0.25) is 9.59 Å². The first-order valence-corrected chi connectivity index (χ1v) is 7.80. The second-order valence-electron chi connectivity index (χ2n) is 5.87. The lowest BCUT2D eigenvalue weighted by Gasteiger charge is -2.31. The van der Waals surface area contributed by atoms with Crippen molar-refractivity contribution in [3.8, 4) is 0 Å². The number of likely N-dealkylation sites (tertiary alicyclic amines) is 1. The summed E-state index contributed by atoms with van der Waals surface area (Å²) < 4.78 is 0. The Kier molecular flexibility index (Phi) is 5.73. The van der Waals surface area contributed by atoms with Gasteiger partial charge >= 0.3 is 5.97 Å². The molecule has 0 bridgehead atoms. The Morgan fingerprint density at radius 1 is 1.22 bits per heavy atom. The normalized spacial score (nSPS) is 16.7. The minimum atomic E-state index is -1.04. The number of rotatable bonds is 5. The van der Waals surface area contributed by atoms with Crippen LogP contribution in [0.5, 0.6) is 0 Å². The van der Waals surface area contributed by atoms with Crippen molar-refractivity contribution in [3.63, 3.8) is 0 Å². The monoisotopic (exact) mass is 318 g/mol. The van der Waals surface area contributed by atoms with Crippen molar-refractivity contribution in [3.05, 3.63) is 35.9 Å². The molecule has 6 nitrogen and oxygen atoms in total. The van der Waals surface area contributed by atoms with Crippen LogP contribution in [0.4, 0.5) is 0 Å². The molecule has 0 spiro atoms. The van der Waals surface area contributed by atoms with Crippen molar-refractivity contribution < 1.29 is 19.5 Å². The molecular weight excluding hydrogens is 296 g/mol. The standard InChI is InChI=1S/C17H22N2O4/c1-12(20)19-9-7-14(8-10-19)16(21)18-15(17(22)23)11-13-5-3-2-4-6-13/h2-6,14-15H,7-11H2,1H3,(H,18,21)(H,22,23). The quantitative estimate of drug-likeness (QED) is 0.850. The highest BCUT2D eigenvalue weighted by Gasteiger charge is 2.29. The summed E-state index contributed by atoms with van der Waals surface area (Å²) in [5.74, 6) is -1.50. The average molecular weight is 318 g/mol. The molecule has 0 saturated carbocycles. The minimum absolute atomic E-state index is 0.0105. The van der Waals surface area contributed by atoms with Gasteiger partial charge < -0.3 is 15.3 Å². The molecule has 23 heavy (non-hydrogen) atoms. The molecule has 1 aliphatic heterocycles. The molecule has 0 aliphatic carbocycles. The molecule has 2 rings (SSSR count). The molecule has 1 aromatic carbocycles. The van der Waals surface area contributed by atoms with Crippen LogP contribution in [0, 0.1) is 5.92 Å². The van der Waals surface area contributed by atoms with Crippen LogP contribution >= 0.6 is 0 Å². The van der Waals surface area contributed by atoms with Crippen LogP contribution < -0.4 is 5.32 Å². The molecule has 1 saturated heterocycles. The first-order valence-electron chi connectivity index (χ1n) is 7.80. The molecular formula is C17H22N2O4. The number of hydrogen-bond donors (Lipinski definition) is 2. The van der Waals surface area contributed by atoms with Gasteiger partial charge in [-0.25, -0.2) is 4.79 Å². The van der Waals surface area contributed by atoms with E-state index in [1.54, 1.807) is 4.90 Å². The van der Waals surface area contributed by atoms with Gasteiger partial charge in [0.25, 0.3) is 0 Å². The third-order valence-electron chi connectivity index (χ3n) is 4.21. The van der Waals surface area contributed by atoms with Gasteiger partial charge in [-0.15, -0.1) is 0 Å². The second kappa shape index (κ2) is 7.76. The Morgan fingerprint density at radius 2 is 1.83 bits per heavy atom. The van der Waals surface area contributed by atoms with Gasteiger partial charge in [0.1, 0.15) is 6.04 Å². The topological polar surface area (TPSA) is 86.7 Å². The van der Waals surface area contributed by atoms with Gasteiger partial charge in [-0.1, -0.05) is 30.3 Å². The molecule has 1 fully saturated rings. The molecule has 1 aliphatic rings. The number of amides is 2. The summed E-state index contributed by atoms with van der Waals surface area (Å²) in [6.07, 6.45) is 1.40. The Morgan fingerprint density at radius 3 is 2.35 bits per heavy atom. The fourth-order valence-electron chi connectivity index (χ4n) is 2.80. The third-order valence-corrected chi connectivity index (χ3v) is 4.21. The highest BCUT2D eigenvalue weighted by molar-refractivity contribution is 5.85. The fraction of sp³-hybridized carbons (Fsp3) is 0.471. The molecule has 0 radical (unpaired) electrons. The number of carboxylic acid groups (broad SMARTS) is 1. The second-order valence-corrected chi connectivity index (χ2v) is 5.87. The molecule has 1 unspecified atom stereocenters. The van der Waals surface area contributed by atoms with Gasteiger partial charge in [0.05, 0.1) is 0 Å². The van der Waals surface area contributed by atoms with Crippen molar-refractivity contribution in [2.75, 3.05) is 13.1 Å². The molecule has 2 amide bonds. The van der Waals surface area contributed by atoms with Gasteiger partial charge in [0.15, 0.2) is 0 Å². The number of benzene rings is 1. The summed E-state index contributed by atoms with van der Waals surface area (Å²) in [6.45, 7) is 2.61. The van der Waals surface area contributed by atoms with E-state index in [4.69, 9.17) is 0 Å². The SMILES string of the molecule is CC(=O)N1CCC(C(=O)NC(Cc2ccccc2)C(=O)O)CC1. The van der Waals surface area contributed by atoms with E-state index in [2.05, 4.69) is 5.32 Å². The summed E-state index contributed by atoms with van der Waals surface area (Å²) in [4.78, 5) is 36.7. The first-order chi connectivity index (χ1) is 11.0. The predicted octanol–water partition coefficient (Wildman–Crippen LogP) is 1.06. The van der Waals surface area contributed by atoms with Crippen molar-refractivity contribution >= 4 is 17.8 Å². The van der Waals surface area contributed by atoms with Gasteiger partial charge in [-0.05, 0) is 18.4 Å². The van der Waals surface area contributed by atoms with E-state index in [1.165, 1.54) is 6.92 Å². The maximum atomic E-state index is 12.3. The number of hydrogen-bond acceptors (Lipinski definition) is 3. The van der Waals surface area contributed by atoms with Crippen LogP contribution in [0.25, 0.3) is 0 Å². The minimum Gasteiger partial charge on any atom is -0.480 e. The highest BCUT2D eigenvalue weighted by atomic mass is 16.4. The zero-order valence-electron chi connectivity index (χ0n) is 13.2. The summed E-state index contributed by atoms with van der Waals surface area (Å²) >= 11 is 0. The number of carbonyl (C=O) groups is 3. The number of aliphatic carboxylic acids is 1. The van der Waals surface area contributed by atoms with E-state index in [1.807, 2.05) is 30.3 Å². The number of carbonyl (C=O) groups excluding carboxylic acids is 2. The molecule has 2 N–H and O–H groups in total. The maximum Gasteiger partial charge on any atom is 0.326 e. The molecule has 1 heterocycles. The Labute approximate surface area is 135 Å². The zero-order valence-corrected chi connectivity index (χ0v) is 13.2. The van der Waals surface area contributed by atoms with E-state index >= 15 is 0 Å². The lowest BCUT2D eigenvalue weighted by Crippen LogP contribution is -2.48. The maximum absolute atomic E-state index is 12.3. The summed E-state index contributed by atoms with van der Waals surface area (Å²) in [5.41, 5.74) is 0.867. The van der Waals surface area contributed by atoms with E-state index in [0.717, 1.165) is 5.56 Å². The summed E-state index contributed by atoms with van der Waals surface area (Å²) in [6, 6.07) is 8.29. The summed E-state index contributed by atoms with van der Waals surface area (Å²) in [7, 11) is 0. The number of carboxylic acids is 1. The molecule has 1 atom stereocenters. The van der Waals surface area contributed by atoms with Crippen LogP contribution in [0.1, 0.15) is 25.3 Å². The molecule has 1 aromatic rings. The van der Waals surface area contributed by atoms with Gasteiger partial charge in [0.2, 0.25) is 11.8 Å². The number of nitrogens with one attached hydrogen (secondary N) is 1. The fourth-order valence-corrected chi connectivity index (χ4v) is 2.80. The zero-order chi connectivity index (χ0) is 16.8. The number of piperidine rings is 1. The Hall–Kier alpha value is -2.37. The van der Waals surface area contributed by atoms with Crippen molar-refractivity contribution in [1.29, 1.82) is 0 Å². The third kappa shape index (κ3) is 4.81. The van der Waals surface area contributed by atoms with Gasteiger partial charge in [0, 0.05) is 32.4 Å². The lowest BCUT2D eigenvalue weighted by molar-refractivity contribution is -0.142. The van der Waals surface area contributed by atoms with Crippen molar-refractivity contribution in [2.24, 2.45) is 5.92 Å². The lowest BCUT2D eigenvalue weighted by atomic mass is 9.95. The summed E-state index contributed by atoms with van der Waals surface area (Å²) in [5, 5.41) is 12.0. The van der Waals surface area contributed by atoms with Crippen LogP contribution in [0.3, 0.4) is 0 Å². The Balaban J connectivity index is 1.91. The molecule has 6 heteroatoms. The molecule has 0 aromatic heterocycles. The Bertz CT molecular complexity index is 565. The van der Waals surface area contributed by atoms with Crippen LogP contribution in [0.2, 0.25) is 0 Å². The van der Waals surface area contributed by atoms with Crippen LogP contribution in [0.15, 0.2) is 30.3 Å². The first kappa shape index (κ1) is 17.0. The predicted molar refractivity (Wildman–Crippen MR) is 84.7 cm³/mol. The van der Waals surface area contributed by atoms with E-state index in [9.17, 15) is 19.5 Å². The van der Waals surface area contributed by atoms with E-state index < -0.39 is 12.0 Å². The van der Waals surface area contributed by atoms with Crippen molar-refractivity contribution in [1.82, 2.24) is 10.2 Å². The smallest absolute Gasteiger partial charge is 0.326 e. The van der Waals surface area contributed by atoms with Crippen LogP contribution in [-0.4, -0.2) is 46.9 Å². The highest BCUT2D eigenvalue weighted by Crippen LogP contribution is 2.18. The molecule has 124 valence electrons. The van der Waals surface area contributed by atoms with E-state index in [0.29, 0.717) is 25.9 Å². The van der Waals surface area contributed by atoms with Gasteiger partial charge in [-0.2, -0.15) is 0 Å². The van der Waals surface area contributed by atoms with Crippen molar-refractivity contribution in [2.45, 2.75) is 32.2 Å². The average Bonchev–Trinajstić information content (AvgIpc) is 2.55. The largest absolute Gasteiger partial charge is 0.480 e. The number of nitrogens with zero attached hydrogens (tertiary/aromatic N) is 1. The van der Waals surface area contributed by atoms with E-state index in [-0.39, 0.29) is 24.2 Å². The van der Waals surface area contributed by atoms with Crippen LogP contribution in [-0.2, 0) is 20.8 Å².